The lowest BCUT2D eigenvalue weighted by Gasteiger charge is -2.36. The average Bonchev–Trinajstić information content (AvgIpc) is 3.09. The number of oxime groups is 1. The molecular weight excluding hydrogens is 318 g/mol. The number of piperidine rings is 1. The van der Waals surface area contributed by atoms with Gasteiger partial charge in [0.25, 0.3) is 0 Å². The summed E-state index contributed by atoms with van der Waals surface area (Å²) in [5.41, 5.74) is 1.55. The zero-order chi connectivity index (χ0) is 17.2. The molecule has 2 fully saturated rings. The van der Waals surface area contributed by atoms with Crippen LogP contribution in [0, 0.1) is 0 Å². The molecule has 0 bridgehead atoms. The summed E-state index contributed by atoms with van der Waals surface area (Å²) < 4.78 is 0. The van der Waals surface area contributed by atoms with Gasteiger partial charge in [-0.15, -0.1) is 0 Å². The molecule has 1 aromatic rings. The molecule has 2 N–H and O–H groups in total. The third-order valence-corrected chi connectivity index (χ3v) is 5.50. The molecule has 3 heterocycles. The number of likely N-dealkylation sites (tertiary alicyclic amines) is 2. The van der Waals surface area contributed by atoms with Gasteiger partial charge in [-0.2, -0.15) is 0 Å². The molecule has 0 spiro atoms. The number of aliphatic hydroxyl groups is 1. The van der Waals surface area contributed by atoms with Crippen LogP contribution in [0.1, 0.15) is 36.8 Å². The molecule has 134 valence electrons. The summed E-state index contributed by atoms with van der Waals surface area (Å²) in [7, 11) is 0. The van der Waals surface area contributed by atoms with E-state index in [4.69, 9.17) is 4.84 Å². The standard InChI is InChI=1S/C19H25N3O3/c23-17-6-5-14-3-4-15(18(24)19(14)25-20-17)13-21-11-7-16(8-12-21)22-9-1-2-10-22/h3-6,16,24H,1-2,7-13H2,(H,20,23). The summed E-state index contributed by atoms with van der Waals surface area (Å²) in [6.07, 6.45) is 8.22. The highest BCUT2D eigenvalue weighted by Crippen LogP contribution is 2.37. The van der Waals surface area contributed by atoms with Gasteiger partial charge in [0.05, 0.1) is 0 Å². The minimum atomic E-state index is -0.207. The number of nitrogens with zero attached hydrogens (tertiary/aromatic N) is 3. The Bertz CT molecular complexity index is 687. The molecule has 3 aliphatic heterocycles. The van der Waals surface area contributed by atoms with Crippen LogP contribution in [0.4, 0.5) is 0 Å². The maximum Gasteiger partial charge on any atom is 0.248 e. The van der Waals surface area contributed by atoms with E-state index in [0.717, 1.165) is 24.7 Å². The number of benzene rings is 1. The fraction of sp³-hybridized carbons (Fsp3) is 0.526. The molecule has 6 heteroatoms. The largest absolute Gasteiger partial charge is 0.504 e. The van der Waals surface area contributed by atoms with Crippen LogP contribution >= 0.6 is 0 Å². The molecule has 3 aliphatic rings. The third kappa shape index (κ3) is 3.50. The van der Waals surface area contributed by atoms with Crippen molar-refractivity contribution in [1.29, 1.82) is 0 Å². The summed E-state index contributed by atoms with van der Waals surface area (Å²) in [6, 6.07) is 4.55. The van der Waals surface area contributed by atoms with Crippen LogP contribution < -0.4 is 4.84 Å². The molecule has 0 amide bonds. The maximum absolute atomic E-state index is 10.6. The summed E-state index contributed by atoms with van der Waals surface area (Å²) in [5.74, 6) is 0.216. The van der Waals surface area contributed by atoms with E-state index < -0.39 is 0 Å². The molecule has 6 nitrogen and oxygen atoms in total. The third-order valence-electron chi connectivity index (χ3n) is 5.50. The van der Waals surface area contributed by atoms with E-state index in [1.807, 2.05) is 12.1 Å². The van der Waals surface area contributed by atoms with E-state index in [9.17, 15) is 10.2 Å². The Balaban J connectivity index is 1.41. The van der Waals surface area contributed by atoms with Crippen molar-refractivity contribution in [2.75, 3.05) is 26.2 Å². The minimum absolute atomic E-state index is 0.113. The monoisotopic (exact) mass is 343 g/mol. The summed E-state index contributed by atoms with van der Waals surface area (Å²) in [5, 5.41) is 23.6. The van der Waals surface area contributed by atoms with Gasteiger partial charge >= 0.3 is 0 Å². The molecule has 0 aliphatic carbocycles. The Morgan fingerprint density at radius 3 is 2.56 bits per heavy atom. The first kappa shape index (κ1) is 16.4. The first-order valence-electron chi connectivity index (χ1n) is 9.14. The fourth-order valence-corrected chi connectivity index (χ4v) is 4.06. The van der Waals surface area contributed by atoms with E-state index in [0.29, 0.717) is 17.9 Å². The number of aromatic hydroxyl groups is 1. The summed E-state index contributed by atoms with van der Waals surface area (Å²) in [4.78, 5) is 10.2. The van der Waals surface area contributed by atoms with Crippen molar-refractivity contribution in [3.63, 3.8) is 0 Å². The van der Waals surface area contributed by atoms with Crippen molar-refractivity contribution in [2.24, 2.45) is 5.16 Å². The number of phenolic OH excluding ortho intramolecular Hbond substituents is 1. The SMILES string of the molecule is OC1=NOc2c(ccc(CN3CCC(N4CCCC4)CC3)c2O)C=C1. The predicted molar refractivity (Wildman–Crippen MR) is 96.9 cm³/mol. The molecule has 0 saturated carbocycles. The fourth-order valence-electron chi connectivity index (χ4n) is 4.06. The number of hydrogen-bond donors (Lipinski definition) is 2. The van der Waals surface area contributed by atoms with Gasteiger partial charge in [-0.3, -0.25) is 4.90 Å². The van der Waals surface area contributed by atoms with Crippen molar-refractivity contribution in [1.82, 2.24) is 9.80 Å². The number of hydrogen-bond acceptors (Lipinski definition) is 5. The van der Waals surface area contributed by atoms with Crippen molar-refractivity contribution in [3.8, 4) is 11.5 Å². The van der Waals surface area contributed by atoms with Crippen LogP contribution in [0.2, 0.25) is 0 Å². The van der Waals surface area contributed by atoms with Gasteiger partial charge in [0.15, 0.2) is 5.75 Å². The molecule has 4 rings (SSSR count). The second-order valence-corrected chi connectivity index (χ2v) is 7.12. The molecular formula is C19H25N3O3. The van der Waals surface area contributed by atoms with Gasteiger partial charge in [0.1, 0.15) is 0 Å². The topological polar surface area (TPSA) is 68.5 Å². The highest BCUT2D eigenvalue weighted by atomic mass is 16.6. The Morgan fingerprint density at radius 1 is 1.04 bits per heavy atom. The molecule has 1 aromatic carbocycles. The van der Waals surface area contributed by atoms with Gasteiger partial charge in [-0.1, -0.05) is 12.1 Å². The van der Waals surface area contributed by atoms with Gasteiger partial charge in [0, 0.05) is 29.8 Å². The highest BCUT2D eigenvalue weighted by Gasteiger charge is 2.27. The zero-order valence-electron chi connectivity index (χ0n) is 14.4. The zero-order valence-corrected chi connectivity index (χ0v) is 14.4. The van der Waals surface area contributed by atoms with E-state index >= 15 is 0 Å². The van der Waals surface area contributed by atoms with Crippen LogP contribution in [0.25, 0.3) is 6.08 Å². The Morgan fingerprint density at radius 2 is 1.80 bits per heavy atom. The summed E-state index contributed by atoms with van der Waals surface area (Å²) >= 11 is 0. The van der Waals surface area contributed by atoms with Crippen molar-refractivity contribution < 1.29 is 15.1 Å². The normalized spacial score (nSPS) is 22.3. The molecule has 0 aromatic heterocycles. The lowest BCUT2D eigenvalue weighted by atomic mass is 10.0. The number of aliphatic hydroxyl groups excluding tert-OH is 1. The van der Waals surface area contributed by atoms with Crippen LogP contribution in [-0.4, -0.2) is 58.1 Å². The molecule has 0 atom stereocenters. The van der Waals surface area contributed by atoms with E-state index in [2.05, 4.69) is 15.0 Å². The second-order valence-electron chi connectivity index (χ2n) is 7.12. The number of fused-ring (bicyclic) bond motifs is 1. The predicted octanol–water partition coefficient (Wildman–Crippen LogP) is 2.73. The van der Waals surface area contributed by atoms with E-state index in [1.54, 1.807) is 6.08 Å². The van der Waals surface area contributed by atoms with Crippen LogP contribution in [-0.2, 0) is 6.54 Å². The Labute approximate surface area is 148 Å². The Kier molecular flexibility index (Phi) is 4.63. The first-order chi connectivity index (χ1) is 12.2. The maximum atomic E-state index is 10.6. The number of phenols is 1. The first-order valence-corrected chi connectivity index (χ1v) is 9.14. The van der Waals surface area contributed by atoms with Crippen molar-refractivity contribution in [3.05, 3.63) is 29.3 Å². The van der Waals surface area contributed by atoms with Gasteiger partial charge in [0.2, 0.25) is 11.6 Å². The highest BCUT2D eigenvalue weighted by molar-refractivity contribution is 5.91. The Hall–Kier alpha value is -2.05. The van der Waals surface area contributed by atoms with Crippen LogP contribution in [0.5, 0.6) is 11.5 Å². The lowest BCUT2D eigenvalue weighted by molar-refractivity contribution is 0.122. The summed E-state index contributed by atoms with van der Waals surface area (Å²) in [6.45, 7) is 5.33. The average molecular weight is 343 g/mol. The van der Waals surface area contributed by atoms with E-state index in [1.165, 1.54) is 44.8 Å². The van der Waals surface area contributed by atoms with Gasteiger partial charge < -0.3 is 20.0 Å². The van der Waals surface area contributed by atoms with Crippen molar-refractivity contribution in [2.45, 2.75) is 38.3 Å². The molecule has 0 radical (unpaired) electrons. The smallest absolute Gasteiger partial charge is 0.248 e. The van der Waals surface area contributed by atoms with Gasteiger partial charge in [-0.05, 0) is 63.1 Å². The minimum Gasteiger partial charge on any atom is -0.504 e. The van der Waals surface area contributed by atoms with E-state index in [-0.39, 0.29) is 11.6 Å². The number of rotatable bonds is 3. The van der Waals surface area contributed by atoms with Crippen LogP contribution in [0.3, 0.4) is 0 Å². The van der Waals surface area contributed by atoms with Crippen LogP contribution in [0.15, 0.2) is 23.4 Å². The van der Waals surface area contributed by atoms with Crippen molar-refractivity contribution >= 4 is 12.0 Å². The second kappa shape index (κ2) is 7.06. The molecule has 2 saturated heterocycles. The lowest BCUT2D eigenvalue weighted by Crippen LogP contribution is -2.43. The van der Waals surface area contributed by atoms with Gasteiger partial charge in [-0.25, -0.2) is 0 Å². The molecule has 25 heavy (non-hydrogen) atoms. The molecule has 0 unspecified atom stereocenters. The quantitative estimate of drug-likeness (QED) is 0.883.